The Bertz CT molecular complexity index is 1400. The van der Waals surface area contributed by atoms with Gasteiger partial charge < -0.3 is 19.4 Å². The van der Waals surface area contributed by atoms with Crippen molar-refractivity contribution in [1.82, 2.24) is 9.78 Å². The average molecular weight is 431 g/mol. The molecule has 0 amide bonds. The maximum absolute atomic E-state index is 14.3. The van der Waals surface area contributed by atoms with Crippen LogP contribution < -0.4 is 15.4 Å². The summed E-state index contributed by atoms with van der Waals surface area (Å²) in [6, 6.07) is 18.1. The fourth-order valence-corrected chi connectivity index (χ4v) is 3.82. The zero-order valence-electron chi connectivity index (χ0n) is 16.7. The van der Waals surface area contributed by atoms with Crippen LogP contribution in [0.3, 0.4) is 0 Å². The standard InChI is InChI=1S/C24H17FN2O5/c25-17-10-15(21-16(11-17)13-31-24(32-21)14-6-2-1-3-7-14)12-27-22(28)19-9-5-4-8-18(19)20(26-27)23(29)30/h1-11,24H,12-13H2,(H,29,30)/p-1/t24-/m1/s1. The minimum atomic E-state index is -1.51. The Morgan fingerprint density at radius 1 is 1.09 bits per heavy atom. The number of carboxylic acid groups (broad SMARTS) is 1. The van der Waals surface area contributed by atoms with Gasteiger partial charge in [-0.1, -0.05) is 48.5 Å². The van der Waals surface area contributed by atoms with Crippen molar-refractivity contribution >= 4 is 16.7 Å². The SMILES string of the molecule is O=C([O-])c1nn(Cc2cc(F)cc3c2O[C@H](c2ccccc2)OC3)c(=O)c2ccccc12. The molecule has 0 aliphatic carbocycles. The van der Waals surface area contributed by atoms with Gasteiger partial charge in [0, 0.05) is 22.1 Å². The number of benzene rings is 3. The molecule has 3 aromatic carbocycles. The van der Waals surface area contributed by atoms with E-state index in [1.54, 1.807) is 12.1 Å². The van der Waals surface area contributed by atoms with Crippen LogP contribution in [0.25, 0.3) is 10.8 Å². The molecule has 2 heterocycles. The zero-order valence-corrected chi connectivity index (χ0v) is 16.7. The lowest BCUT2D eigenvalue weighted by Gasteiger charge is -2.28. The molecule has 5 rings (SSSR count). The molecule has 0 radical (unpaired) electrons. The minimum absolute atomic E-state index is 0.115. The van der Waals surface area contributed by atoms with Gasteiger partial charge >= 0.3 is 0 Å². The highest BCUT2D eigenvalue weighted by Gasteiger charge is 2.26. The van der Waals surface area contributed by atoms with Gasteiger partial charge in [0.25, 0.3) is 5.56 Å². The number of carbonyl (C=O) groups is 1. The fourth-order valence-electron chi connectivity index (χ4n) is 3.82. The molecular formula is C24H16FN2O5-. The second-order valence-corrected chi connectivity index (χ2v) is 7.37. The van der Waals surface area contributed by atoms with Gasteiger partial charge in [0.05, 0.1) is 24.5 Å². The second kappa shape index (κ2) is 7.90. The van der Waals surface area contributed by atoms with Crippen LogP contribution in [0, 0.1) is 5.82 Å². The van der Waals surface area contributed by atoms with Gasteiger partial charge in [-0.15, -0.1) is 0 Å². The highest BCUT2D eigenvalue weighted by molar-refractivity contribution is 6.00. The summed E-state index contributed by atoms with van der Waals surface area (Å²) in [7, 11) is 0. The van der Waals surface area contributed by atoms with E-state index in [1.807, 2.05) is 30.3 Å². The predicted octanol–water partition coefficient (Wildman–Crippen LogP) is 2.56. The molecule has 0 N–H and O–H groups in total. The van der Waals surface area contributed by atoms with Gasteiger partial charge in [-0.05, 0) is 18.2 Å². The first kappa shape index (κ1) is 19.9. The normalized spacial score (nSPS) is 15.2. The van der Waals surface area contributed by atoms with Gasteiger partial charge in [0.2, 0.25) is 6.29 Å². The van der Waals surface area contributed by atoms with Crippen LogP contribution in [0.1, 0.15) is 33.5 Å². The number of aromatic carboxylic acids is 1. The fraction of sp³-hybridized carbons (Fsp3) is 0.125. The van der Waals surface area contributed by atoms with E-state index in [0.29, 0.717) is 16.9 Å². The number of hydrogen-bond acceptors (Lipinski definition) is 6. The minimum Gasteiger partial charge on any atom is -0.543 e. The molecule has 32 heavy (non-hydrogen) atoms. The van der Waals surface area contributed by atoms with Crippen LogP contribution in [0.2, 0.25) is 0 Å². The number of nitrogens with zero attached hydrogens (tertiary/aromatic N) is 2. The Morgan fingerprint density at radius 2 is 1.81 bits per heavy atom. The van der Waals surface area contributed by atoms with E-state index < -0.39 is 23.6 Å². The number of rotatable bonds is 4. The molecule has 1 aliphatic rings. The summed E-state index contributed by atoms with van der Waals surface area (Å²) in [4.78, 5) is 24.6. The summed E-state index contributed by atoms with van der Waals surface area (Å²) in [6.07, 6.45) is -0.701. The summed E-state index contributed by atoms with van der Waals surface area (Å²) >= 11 is 0. The summed E-state index contributed by atoms with van der Waals surface area (Å²) in [6.45, 7) is -0.0739. The van der Waals surface area contributed by atoms with Crippen molar-refractivity contribution in [3.8, 4) is 5.75 Å². The molecule has 1 aliphatic heterocycles. The average Bonchev–Trinajstić information content (AvgIpc) is 2.81. The van der Waals surface area contributed by atoms with Crippen molar-refractivity contribution in [1.29, 1.82) is 0 Å². The monoisotopic (exact) mass is 431 g/mol. The predicted molar refractivity (Wildman–Crippen MR) is 110 cm³/mol. The zero-order chi connectivity index (χ0) is 22.2. The lowest BCUT2D eigenvalue weighted by atomic mass is 10.1. The first-order chi connectivity index (χ1) is 15.5. The van der Waals surface area contributed by atoms with E-state index in [1.165, 1.54) is 24.3 Å². The second-order valence-electron chi connectivity index (χ2n) is 7.37. The molecule has 8 heteroatoms. The third-order valence-corrected chi connectivity index (χ3v) is 5.28. The maximum Gasteiger partial charge on any atom is 0.274 e. The molecule has 0 saturated heterocycles. The maximum atomic E-state index is 14.3. The highest BCUT2D eigenvalue weighted by Crippen LogP contribution is 2.36. The number of carbonyl (C=O) groups excluding carboxylic acids is 1. The molecule has 4 aromatic rings. The number of hydrogen-bond donors (Lipinski definition) is 0. The van der Waals surface area contributed by atoms with Crippen molar-refractivity contribution in [2.24, 2.45) is 0 Å². The highest BCUT2D eigenvalue weighted by atomic mass is 19.1. The summed E-state index contributed by atoms with van der Waals surface area (Å²) < 4.78 is 27.0. The number of ether oxygens (including phenoxy) is 2. The smallest absolute Gasteiger partial charge is 0.274 e. The molecule has 0 unspecified atom stereocenters. The van der Waals surface area contributed by atoms with Crippen molar-refractivity contribution < 1.29 is 23.8 Å². The summed E-state index contributed by atoms with van der Waals surface area (Å²) in [5, 5.41) is 16.0. The van der Waals surface area contributed by atoms with E-state index in [0.717, 1.165) is 10.2 Å². The van der Waals surface area contributed by atoms with Crippen molar-refractivity contribution in [3.05, 3.63) is 105 Å². The molecule has 0 spiro atoms. The molecule has 1 atom stereocenters. The molecule has 7 nitrogen and oxygen atoms in total. The Balaban J connectivity index is 1.60. The van der Waals surface area contributed by atoms with Crippen LogP contribution in [0.4, 0.5) is 4.39 Å². The Hall–Kier alpha value is -4.04. The van der Waals surface area contributed by atoms with E-state index in [2.05, 4.69) is 5.10 Å². The number of halogens is 1. The van der Waals surface area contributed by atoms with E-state index in [-0.39, 0.29) is 29.6 Å². The summed E-state index contributed by atoms with van der Waals surface area (Å²) in [5.41, 5.74) is 0.750. The van der Waals surface area contributed by atoms with Crippen LogP contribution in [0.15, 0.2) is 71.5 Å². The lowest BCUT2D eigenvalue weighted by molar-refractivity contribution is -0.255. The third kappa shape index (κ3) is 3.50. The first-order valence-corrected chi connectivity index (χ1v) is 9.87. The molecule has 160 valence electrons. The Kier molecular flexibility index (Phi) is 4.91. The first-order valence-electron chi connectivity index (χ1n) is 9.87. The number of aromatic nitrogens is 2. The molecular weight excluding hydrogens is 415 g/mol. The van der Waals surface area contributed by atoms with E-state index >= 15 is 0 Å². The van der Waals surface area contributed by atoms with E-state index in [9.17, 15) is 19.1 Å². The van der Waals surface area contributed by atoms with Gasteiger partial charge in [-0.3, -0.25) is 4.79 Å². The van der Waals surface area contributed by atoms with Crippen LogP contribution in [-0.4, -0.2) is 15.7 Å². The van der Waals surface area contributed by atoms with Crippen LogP contribution >= 0.6 is 0 Å². The molecule has 0 saturated carbocycles. The van der Waals surface area contributed by atoms with Gasteiger partial charge in [0.15, 0.2) is 0 Å². The summed E-state index contributed by atoms with van der Waals surface area (Å²) in [5.74, 6) is -1.66. The van der Waals surface area contributed by atoms with Gasteiger partial charge in [-0.25, -0.2) is 9.07 Å². The third-order valence-electron chi connectivity index (χ3n) is 5.28. The largest absolute Gasteiger partial charge is 0.543 e. The Morgan fingerprint density at radius 3 is 2.56 bits per heavy atom. The molecule has 1 aromatic heterocycles. The number of fused-ring (bicyclic) bond motifs is 2. The van der Waals surface area contributed by atoms with E-state index in [4.69, 9.17) is 9.47 Å². The number of carboxylic acids is 1. The van der Waals surface area contributed by atoms with Gasteiger partial charge in [0.1, 0.15) is 17.3 Å². The van der Waals surface area contributed by atoms with Gasteiger partial charge in [-0.2, -0.15) is 5.10 Å². The van der Waals surface area contributed by atoms with Crippen molar-refractivity contribution in [3.63, 3.8) is 0 Å². The molecule has 0 bridgehead atoms. The quantitative estimate of drug-likeness (QED) is 0.493. The molecule has 0 fully saturated rings. The lowest BCUT2D eigenvalue weighted by Crippen LogP contribution is -2.31. The Labute approximate surface area is 181 Å². The van der Waals surface area contributed by atoms with Crippen LogP contribution in [0.5, 0.6) is 5.75 Å². The van der Waals surface area contributed by atoms with Crippen molar-refractivity contribution in [2.45, 2.75) is 19.4 Å². The van der Waals surface area contributed by atoms with Crippen LogP contribution in [-0.2, 0) is 17.9 Å². The topological polar surface area (TPSA) is 93.5 Å². The van der Waals surface area contributed by atoms with Crippen molar-refractivity contribution in [2.75, 3.05) is 0 Å².